The van der Waals surface area contributed by atoms with Crippen molar-refractivity contribution in [2.24, 2.45) is 0 Å². The molecule has 6 rings (SSSR count). The lowest BCUT2D eigenvalue weighted by atomic mass is 10.2. The summed E-state index contributed by atoms with van der Waals surface area (Å²) in [5.74, 6) is 0. The van der Waals surface area contributed by atoms with Crippen molar-refractivity contribution in [2.45, 2.75) is 6.54 Å². The normalized spacial score (nSPS) is 11.6. The largest absolute Gasteiger partial charge is 0.304 e. The topological polar surface area (TPSA) is 65.6 Å². The number of halogens is 2. The summed E-state index contributed by atoms with van der Waals surface area (Å²) in [5.41, 5.74) is 4.32. The number of rotatable bonds is 3. The van der Waals surface area contributed by atoms with Gasteiger partial charge < -0.3 is 4.57 Å². The molecule has 0 spiro atoms. The van der Waals surface area contributed by atoms with Gasteiger partial charge in [0.1, 0.15) is 17.2 Å². The maximum Gasteiger partial charge on any atom is 0.269 e. The predicted octanol–water partition coefficient (Wildman–Crippen LogP) is 5.64. The van der Waals surface area contributed by atoms with E-state index < -0.39 is 0 Å². The SMILES string of the molecule is O=c1c2c3nc4ccccc4nc3n(Cc3ccccc3)c2ncn1-c1cc(Cl)ccc1Cl. The monoisotopic (exact) mass is 471 g/mol. The fourth-order valence-corrected chi connectivity index (χ4v) is 4.44. The predicted molar refractivity (Wildman–Crippen MR) is 131 cm³/mol. The van der Waals surface area contributed by atoms with Crippen LogP contribution in [0.2, 0.25) is 10.0 Å². The third kappa shape index (κ3) is 3.26. The highest BCUT2D eigenvalue weighted by molar-refractivity contribution is 6.34. The summed E-state index contributed by atoms with van der Waals surface area (Å²) in [4.78, 5) is 28.1. The van der Waals surface area contributed by atoms with Gasteiger partial charge in [-0.3, -0.25) is 9.36 Å². The first-order valence-corrected chi connectivity index (χ1v) is 11.0. The molecule has 0 aliphatic heterocycles. The van der Waals surface area contributed by atoms with Gasteiger partial charge in [0.15, 0.2) is 11.3 Å². The molecule has 0 N–H and O–H groups in total. The maximum absolute atomic E-state index is 13.7. The molecule has 3 aromatic carbocycles. The molecule has 0 atom stereocenters. The number of aromatic nitrogens is 5. The Morgan fingerprint density at radius 1 is 0.818 bits per heavy atom. The van der Waals surface area contributed by atoms with Gasteiger partial charge in [0.25, 0.3) is 5.56 Å². The minimum absolute atomic E-state index is 0.287. The third-order valence-corrected chi connectivity index (χ3v) is 6.16. The standard InChI is InChI=1S/C25H15Cl2N5O/c26-16-10-11-17(27)20(12-16)32-14-28-23-21(25(32)33)22-24(30-19-9-5-4-8-18(19)29-22)31(23)13-15-6-2-1-3-7-15/h1-12,14H,13H2. The van der Waals surface area contributed by atoms with Crippen LogP contribution >= 0.6 is 23.2 Å². The number of fused-ring (bicyclic) bond motifs is 4. The minimum atomic E-state index is -0.287. The van der Waals surface area contributed by atoms with Crippen molar-refractivity contribution in [3.05, 3.63) is 105 Å². The Bertz CT molecular complexity index is 1740. The van der Waals surface area contributed by atoms with Crippen LogP contribution < -0.4 is 5.56 Å². The summed E-state index contributed by atoms with van der Waals surface area (Å²) in [7, 11) is 0. The van der Waals surface area contributed by atoms with E-state index in [9.17, 15) is 4.79 Å². The van der Waals surface area contributed by atoms with Crippen molar-refractivity contribution in [3.8, 4) is 5.69 Å². The van der Waals surface area contributed by atoms with Crippen LogP contribution in [0.25, 0.3) is 38.9 Å². The molecule has 0 radical (unpaired) electrons. The molecule has 160 valence electrons. The van der Waals surface area contributed by atoms with Crippen LogP contribution in [0.5, 0.6) is 0 Å². The Morgan fingerprint density at radius 2 is 1.55 bits per heavy atom. The fraction of sp³-hybridized carbons (Fsp3) is 0.0400. The highest BCUT2D eigenvalue weighted by Crippen LogP contribution is 2.28. The van der Waals surface area contributed by atoms with Gasteiger partial charge in [-0.25, -0.2) is 15.0 Å². The molecule has 6 aromatic rings. The van der Waals surface area contributed by atoms with Crippen LogP contribution in [0, 0.1) is 0 Å². The minimum Gasteiger partial charge on any atom is -0.304 e. The molecule has 0 amide bonds. The smallest absolute Gasteiger partial charge is 0.269 e. The summed E-state index contributed by atoms with van der Waals surface area (Å²) in [6, 6.07) is 22.5. The van der Waals surface area contributed by atoms with E-state index >= 15 is 0 Å². The van der Waals surface area contributed by atoms with Crippen LogP contribution in [0.1, 0.15) is 5.56 Å². The zero-order valence-electron chi connectivity index (χ0n) is 17.1. The van der Waals surface area contributed by atoms with E-state index in [0.717, 1.165) is 11.1 Å². The van der Waals surface area contributed by atoms with Gasteiger partial charge in [-0.2, -0.15) is 0 Å². The van der Waals surface area contributed by atoms with E-state index in [0.29, 0.717) is 50.0 Å². The van der Waals surface area contributed by atoms with Crippen molar-refractivity contribution >= 4 is 56.4 Å². The molecule has 3 aromatic heterocycles. The number of hydrogen-bond acceptors (Lipinski definition) is 4. The van der Waals surface area contributed by atoms with E-state index in [-0.39, 0.29) is 5.56 Å². The Labute approximate surface area is 197 Å². The summed E-state index contributed by atoms with van der Waals surface area (Å²) in [6.07, 6.45) is 1.47. The summed E-state index contributed by atoms with van der Waals surface area (Å²) >= 11 is 12.6. The number of para-hydroxylation sites is 2. The van der Waals surface area contributed by atoms with Crippen molar-refractivity contribution in [3.63, 3.8) is 0 Å². The van der Waals surface area contributed by atoms with Crippen molar-refractivity contribution in [2.75, 3.05) is 0 Å². The molecular weight excluding hydrogens is 457 g/mol. The first-order chi connectivity index (χ1) is 16.1. The molecule has 0 fully saturated rings. The lowest BCUT2D eigenvalue weighted by Gasteiger charge is -2.09. The zero-order valence-corrected chi connectivity index (χ0v) is 18.6. The van der Waals surface area contributed by atoms with E-state index in [1.807, 2.05) is 59.2 Å². The average Bonchev–Trinajstić information content (AvgIpc) is 3.13. The summed E-state index contributed by atoms with van der Waals surface area (Å²) < 4.78 is 3.34. The van der Waals surface area contributed by atoms with Crippen LogP contribution in [-0.2, 0) is 6.54 Å². The second-order valence-electron chi connectivity index (χ2n) is 7.67. The van der Waals surface area contributed by atoms with Gasteiger partial charge in [-0.05, 0) is 35.9 Å². The molecule has 33 heavy (non-hydrogen) atoms. The second-order valence-corrected chi connectivity index (χ2v) is 8.51. The van der Waals surface area contributed by atoms with Crippen molar-refractivity contribution in [1.82, 2.24) is 24.1 Å². The Kier molecular flexibility index (Phi) is 4.64. The molecule has 8 heteroatoms. The van der Waals surface area contributed by atoms with Crippen LogP contribution in [-0.4, -0.2) is 24.1 Å². The van der Waals surface area contributed by atoms with Crippen molar-refractivity contribution < 1.29 is 0 Å². The molecule has 0 aliphatic carbocycles. The van der Waals surface area contributed by atoms with E-state index in [2.05, 4.69) is 4.98 Å². The van der Waals surface area contributed by atoms with Gasteiger partial charge in [0.05, 0.1) is 28.3 Å². The molecule has 0 saturated carbocycles. The average molecular weight is 472 g/mol. The highest BCUT2D eigenvalue weighted by Gasteiger charge is 2.21. The second kappa shape index (κ2) is 7.69. The molecule has 0 bridgehead atoms. The first kappa shape index (κ1) is 19.9. The summed E-state index contributed by atoms with van der Waals surface area (Å²) in [6.45, 7) is 0.502. The Morgan fingerprint density at radius 3 is 2.33 bits per heavy atom. The maximum atomic E-state index is 13.7. The fourth-order valence-electron chi connectivity index (χ4n) is 4.06. The summed E-state index contributed by atoms with van der Waals surface area (Å²) in [5, 5.41) is 1.25. The molecule has 0 unspecified atom stereocenters. The first-order valence-electron chi connectivity index (χ1n) is 10.3. The van der Waals surface area contributed by atoms with Crippen LogP contribution in [0.4, 0.5) is 0 Å². The molecular formula is C25H15Cl2N5O. The lowest BCUT2D eigenvalue weighted by molar-refractivity contribution is 0.836. The van der Waals surface area contributed by atoms with Gasteiger partial charge in [-0.15, -0.1) is 0 Å². The van der Waals surface area contributed by atoms with E-state index in [4.69, 9.17) is 33.2 Å². The quantitative estimate of drug-likeness (QED) is 0.335. The van der Waals surface area contributed by atoms with Gasteiger partial charge in [0, 0.05) is 5.02 Å². The van der Waals surface area contributed by atoms with Crippen LogP contribution in [0.15, 0.2) is 83.9 Å². The zero-order chi connectivity index (χ0) is 22.5. The van der Waals surface area contributed by atoms with Crippen molar-refractivity contribution in [1.29, 1.82) is 0 Å². The number of benzene rings is 3. The highest BCUT2D eigenvalue weighted by atomic mass is 35.5. The lowest BCUT2D eigenvalue weighted by Crippen LogP contribution is -2.19. The number of nitrogens with zero attached hydrogens (tertiary/aromatic N) is 5. The Balaban J connectivity index is 1.71. The van der Waals surface area contributed by atoms with Gasteiger partial charge in [-0.1, -0.05) is 65.7 Å². The molecule has 0 saturated heterocycles. The van der Waals surface area contributed by atoms with E-state index in [1.165, 1.54) is 10.9 Å². The molecule has 3 heterocycles. The van der Waals surface area contributed by atoms with E-state index in [1.54, 1.807) is 18.2 Å². The van der Waals surface area contributed by atoms with Gasteiger partial charge >= 0.3 is 0 Å². The van der Waals surface area contributed by atoms with Crippen LogP contribution in [0.3, 0.4) is 0 Å². The third-order valence-electron chi connectivity index (χ3n) is 5.60. The molecule has 6 nitrogen and oxygen atoms in total. The van der Waals surface area contributed by atoms with Gasteiger partial charge in [0.2, 0.25) is 0 Å². The Hall–Kier alpha value is -3.74. The number of hydrogen-bond donors (Lipinski definition) is 0. The molecule has 0 aliphatic rings.